The molecule has 2 unspecified atom stereocenters. The van der Waals surface area contributed by atoms with Gasteiger partial charge in [-0.15, -0.1) is 5.10 Å². The molecular weight excluding hydrogens is 328 g/mol. The van der Waals surface area contributed by atoms with Crippen LogP contribution in [0.5, 0.6) is 0 Å². The fraction of sp³-hybridized carbons (Fsp3) is 0.579. The van der Waals surface area contributed by atoms with Crippen LogP contribution in [0, 0.1) is 11.8 Å². The first-order valence-corrected chi connectivity index (χ1v) is 9.17. The first-order valence-electron chi connectivity index (χ1n) is 9.17. The number of aryl methyl sites for hydroxylation is 1. The fourth-order valence-electron chi connectivity index (χ4n) is 3.93. The quantitative estimate of drug-likeness (QED) is 0.821. The Kier molecular flexibility index (Phi) is 3.97. The third kappa shape index (κ3) is 3.06. The molecule has 0 aromatic carbocycles. The van der Waals surface area contributed by atoms with E-state index in [1.54, 1.807) is 12.5 Å². The van der Waals surface area contributed by atoms with Crippen LogP contribution in [-0.4, -0.2) is 56.7 Å². The summed E-state index contributed by atoms with van der Waals surface area (Å²) in [6.45, 7) is 9.88. The van der Waals surface area contributed by atoms with Gasteiger partial charge in [-0.1, -0.05) is 20.8 Å². The number of carbonyl (C=O) groups excluding carboxylic acids is 1. The summed E-state index contributed by atoms with van der Waals surface area (Å²) in [6, 6.07) is 4.15. The Morgan fingerprint density at radius 1 is 1.08 bits per heavy atom. The van der Waals surface area contributed by atoms with E-state index in [2.05, 4.69) is 53.0 Å². The van der Waals surface area contributed by atoms with Crippen molar-refractivity contribution in [3.8, 4) is 0 Å². The van der Waals surface area contributed by atoms with Gasteiger partial charge in [0, 0.05) is 56.7 Å². The Morgan fingerprint density at radius 2 is 1.77 bits per heavy atom. The van der Waals surface area contributed by atoms with Crippen molar-refractivity contribution in [2.45, 2.75) is 26.2 Å². The van der Waals surface area contributed by atoms with Crippen molar-refractivity contribution in [3.63, 3.8) is 0 Å². The number of amides is 1. The summed E-state index contributed by atoms with van der Waals surface area (Å²) < 4.78 is 1.81. The molecular formula is C19H26N6O. The van der Waals surface area contributed by atoms with E-state index in [1.165, 1.54) is 0 Å². The highest BCUT2D eigenvalue weighted by Gasteiger charge is 2.42. The molecule has 1 amide bonds. The zero-order valence-corrected chi connectivity index (χ0v) is 15.9. The molecule has 0 aliphatic carbocycles. The van der Waals surface area contributed by atoms with Gasteiger partial charge in [-0.2, -0.15) is 5.10 Å². The normalized spacial score (nSPS) is 22.8. The van der Waals surface area contributed by atoms with Gasteiger partial charge in [-0.3, -0.25) is 4.79 Å². The Hall–Kier alpha value is -2.44. The second kappa shape index (κ2) is 6.07. The minimum absolute atomic E-state index is 0.0133. The molecule has 7 nitrogen and oxygen atoms in total. The van der Waals surface area contributed by atoms with Gasteiger partial charge in [0.2, 0.25) is 0 Å². The minimum atomic E-state index is 0.0133. The molecule has 2 aromatic heterocycles. The predicted octanol–water partition coefficient (Wildman–Crippen LogP) is 1.72. The molecule has 0 N–H and O–H groups in total. The smallest absolute Gasteiger partial charge is 0.274 e. The number of anilines is 1. The van der Waals surface area contributed by atoms with E-state index >= 15 is 0 Å². The molecule has 2 fully saturated rings. The van der Waals surface area contributed by atoms with Crippen molar-refractivity contribution >= 4 is 11.7 Å². The van der Waals surface area contributed by atoms with Crippen molar-refractivity contribution in [1.29, 1.82) is 0 Å². The van der Waals surface area contributed by atoms with Crippen LogP contribution in [0.25, 0.3) is 0 Å². The molecule has 26 heavy (non-hydrogen) atoms. The molecule has 2 aliphatic rings. The Balaban J connectivity index is 1.40. The van der Waals surface area contributed by atoms with Crippen LogP contribution in [-0.2, 0) is 12.5 Å². The van der Waals surface area contributed by atoms with Gasteiger partial charge in [0.1, 0.15) is 5.69 Å². The number of fused-ring (bicyclic) bond motifs is 1. The van der Waals surface area contributed by atoms with Crippen LogP contribution < -0.4 is 4.90 Å². The van der Waals surface area contributed by atoms with Gasteiger partial charge >= 0.3 is 0 Å². The summed E-state index contributed by atoms with van der Waals surface area (Å²) in [4.78, 5) is 21.0. The molecule has 2 atom stereocenters. The van der Waals surface area contributed by atoms with Crippen molar-refractivity contribution in [2.24, 2.45) is 18.9 Å². The first-order chi connectivity index (χ1) is 12.3. The van der Waals surface area contributed by atoms with Gasteiger partial charge in [0.05, 0.1) is 12.0 Å². The van der Waals surface area contributed by atoms with E-state index < -0.39 is 0 Å². The zero-order valence-electron chi connectivity index (χ0n) is 15.9. The number of imidazole rings is 1. The lowest BCUT2D eigenvalue weighted by atomic mass is 9.92. The SMILES string of the molecule is Cn1cnc(C(=O)N2CC3CN(c4ccc(C(C)(C)C)nn4)CC3C2)c1. The third-order valence-electron chi connectivity index (χ3n) is 5.44. The monoisotopic (exact) mass is 354 g/mol. The van der Waals surface area contributed by atoms with E-state index in [1.807, 2.05) is 16.5 Å². The molecule has 2 aromatic rings. The largest absolute Gasteiger partial charge is 0.354 e. The average molecular weight is 354 g/mol. The number of hydrogen-bond acceptors (Lipinski definition) is 5. The number of aromatic nitrogens is 4. The zero-order chi connectivity index (χ0) is 18.5. The van der Waals surface area contributed by atoms with E-state index in [9.17, 15) is 4.79 Å². The summed E-state index contributed by atoms with van der Waals surface area (Å²) in [6.07, 6.45) is 3.46. The van der Waals surface area contributed by atoms with Gasteiger partial charge in [0.25, 0.3) is 5.91 Å². The Bertz CT molecular complexity index is 792. The summed E-state index contributed by atoms with van der Waals surface area (Å²) >= 11 is 0. The maximum Gasteiger partial charge on any atom is 0.274 e. The van der Waals surface area contributed by atoms with E-state index in [0.717, 1.165) is 37.7 Å². The summed E-state index contributed by atoms with van der Waals surface area (Å²) in [7, 11) is 1.88. The van der Waals surface area contributed by atoms with Gasteiger partial charge in [-0.05, 0) is 12.1 Å². The topological polar surface area (TPSA) is 67.2 Å². The van der Waals surface area contributed by atoms with Crippen molar-refractivity contribution in [2.75, 3.05) is 31.1 Å². The van der Waals surface area contributed by atoms with Crippen LogP contribution in [0.3, 0.4) is 0 Å². The molecule has 2 aliphatic heterocycles. The van der Waals surface area contributed by atoms with Gasteiger partial charge < -0.3 is 14.4 Å². The van der Waals surface area contributed by atoms with Gasteiger partial charge in [0.15, 0.2) is 5.82 Å². The molecule has 0 saturated carbocycles. The Labute approximate surface area is 154 Å². The molecule has 4 heterocycles. The molecule has 0 bridgehead atoms. The predicted molar refractivity (Wildman–Crippen MR) is 99.0 cm³/mol. The highest BCUT2D eigenvalue weighted by Crippen LogP contribution is 2.34. The number of carbonyl (C=O) groups is 1. The second-order valence-corrected chi connectivity index (χ2v) is 8.59. The minimum Gasteiger partial charge on any atom is -0.354 e. The Morgan fingerprint density at radius 3 is 2.27 bits per heavy atom. The maximum absolute atomic E-state index is 12.6. The molecule has 0 radical (unpaired) electrons. The van der Waals surface area contributed by atoms with Crippen LogP contribution in [0.15, 0.2) is 24.7 Å². The highest BCUT2D eigenvalue weighted by atomic mass is 16.2. The average Bonchev–Trinajstić information content (AvgIpc) is 3.27. The van der Waals surface area contributed by atoms with E-state index in [0.29, 0.717) is 17.5 Å². The number of rotatable bonds is 2. The fourth-order valence-corrected chi connectivity index (χ4v) is 3.93. The van der Waals surface area contributed by atoms with Crippen LogP contribution >= 0.6 is 0 Å². The van der Waals surface area contributed by atoms with Crippen molar-refractivity contribution < 1.29 is 4.79 Å². The van der Waals surface area contributed by atoms with Crippen LogP contribution in [0.4, 0.5) is 5.82 Å². The lowest BCUT2D eigenvalue weighted by Crippen LogP contribution is -2.33. The van der Waals surface area contributed by atoms with Crippen LogP contribution in [0.1, 0.15) is 37.0 Å². The highest BCUT2D eigenvalue weighted by molar-refractivity contribution is 5.92. The molecule has 0 spiro atoms. The van der Waals surface area contributed by atoms with E-state index in [-0.39, 0.29) is 11.3 Å². The maximum atomic E-state index is 12.6. The second-order valence-electron chi connectivity index (χ2n) is 8.59. The van der Waals surface area contributed by atoms with Gasteiger partial charge in [-0.25, -0.2) is 4.98 Å². The van der Waals surface area contributed by atoms with Crippen molar-refractivity contribution in [1.82, 2.24) is 24.6 Å². The summed E-state index contributed by atoms with van der Waals surface area (Å²) in [5, 5.41) is 8.85. The standard InChI is InChI=1S/C19H26N6O/c1-19(2,3)16-5-6-17(22-21-16)24-7-13-9-25(10-14(13)8-24)18(26)15-11-23(4)12-20-15/h5-6,11-14H,7-10H2,1-4H3. The number of hydrogen-bond donors (Lipinski definition) is 0. The molecule has 2 saturated heterocycles. The third-order valence-corrected chi connectivity index (χ3v) is 5.44. The van der Waals surface area contributed by atoms with Crippen molar-refractivity contribution in [3.05, 3.63) is 36.0 Å². The first kappa shape index (κ1) is 17.0. The lowest BCUT2D eigenvalue weighted by Gasteiger charge is -2.23. The number of nitrogens with zero attached hydrogens (tertiary/aromatic N) is 6. The summed E-state index contributed by atoms with van der Waals surface area (Å²) in [5.41, 5.74) is 1.56. The molecule has 4 rings (SSSR count). The lowest BCUT2D eigenvalue weighted by molar-refractivity contribution is 0.0777. The van der Waals surface area contributed by atoms with Crippen LogP contribution in [0.2, 0.25) is 0 Å². The number of likely N-dealkylation sites (tertiary alicyclic amines) is 1. The summed E-state index contributed by atoms with van der Waals surface area (Å²) in [5.74, 6) is 1.97. The molecule has 138 valence electrons. The molecule has 7 heteroatoms. The van der Waals surface area contributed by atoms with E-state index in [4.69, 9.17) is 0 Å².